The van der Waals surface area contributed by atoms with Crippen molar-refractivity contribution in [1.29, 1.82) is 0 Å². The topological polar surface area (TPSA) is 37.4 Å². The van der Waals surface area contributed by atoms with E-state index in [1.165, 1.54) is 4.90 Å². The smallest absolute Gasteiger partial charge is 0.261 e. The number of fused-ring (bicyclic) bond motifs is 1. The van der Waals surface area contributed by atoms with E-state index in [9.17, 15) is 9.59 Å². The Morgan fingerprint density at radius 2 is 1.60 bits per heavy atom. The van der Waals surface area contributed by atoms with Gasteiger partial charge in [-0.2, -0.15) is 0 Å². The number of imide groups is 1. The van der Waals surface area contributed by atoms with Crippen molar-refractivity contribution in [2.75, 3.05) is 11.0 Å². The lowest BCUT2D eigenvalue weighted by molar-refractivity contribution is 0.0655. The molecule has 4 heteroatoms. The van der Waals surface area contributed by atoms with E-state index >= 15 is 0 Å². The Bertz CT molecular complexity index is 382. The molecule has 78 valence electrons. The van der Waals surface area contributed by atoms with Crippen LogP contribution in [0.5, 0.6) is 0 Å². The summed E-state index contributed by atoms with van der Waals surface area (Å²) in [7, 11) is 0. The zero-order valence-electron chi connectivity index (χ0n) is 8.07. The van der Waals surface area contributed by atoms with Gasteiger partial charge in [-0.25, -0.2) is 0 Å². The van der Waals surface area contributed by atoms with Crippen molar-refractivity contribution >= 4 is 34.4 Å². The minimum Gasteiger partial charge on any atom is -0.274 e. The molecule has 0 bridgehead atoms. The maximum absolute atomic E-state index is 11.8. The summed E-state index contributed by atoms with van der Waals surface area (Å²) in [5, 5.41) is 0. The third-order valence-electron chi connectivity index (χ3n) is 2.39. The maximum atomic E-state index is 11.8. The average Bonchev–Trinajstić information content (AvgIpc) is 2.51. The minimum absolute atomic E-state index is 0.152. The van der Waals surface area contributed by atoms with E-state index in [4.69, 9.17) is 0 Å². The number of alkyl halides is 1. The van der Waals surface area contributed by atoms with Crippen LogP contribution in [0.1, 0.15) is 27.1 Å². The predicted molar refractivity (Wildman–Crippen MR) is 65.3 cm³/mol. The van der Waals surface area contributed by atoms with Gasteiger partial charge in [0.2, 0.25) is 0 Å². The van der Waals surface area contributed by atoms with Gasteiger partial charge in [0.25, 0.3) is 11.8 Å². The van der Waals surface area contributed by atoms with E-state index in [0.717, 1.165) is 10.8 Å². The van der Waals surface area contributed by atoms with Crippen molar-refractivity contribution in [3.63, 3.8) is 0 Å². The lowest BCUT2D eigenvalue weighted by Crippen LogP contribution is -2.30. The summed E-state index contributed by atoms with van der Waals surface area (Å²) in [6, 6.07) is 6.98. The zero-order chi connectivity index (χ0) is 10.8. The second-order valence-electron chi connectivity index (χ2n) is 3.35. The second kappa shape index (κ2) is 4.30. The number of hydrogen-bond acceptors (Lipinski definition) is 2. The van der Waals surface area contributed by atoms with E-state index < -0.39 is 0 Å². The highest BCUT2D eigenvalue weighted by Gasteiger charge is 2.34. The standard InChI is InChI=1S/C11H10INO2/c12-6-3-7-13-10(14)8-4-1-2-5-9(8)11(13)15/h1-2,4-5H,3,6-7H2. The molecule has 0 aliphatic carbocycles. The van der Waals surface area contributed by atoms with Crippen LogP contribution in [0.3, 0.4) is 0 Å². The van der Waals surface area contributed by atoms with E-state index in [0.29, 0.717) is 17.7 Å². The molecule has 0 saturated heterocycles. The van der Waals surface area contributed by atoms with Gasteiger partial charge in [-0.15, -0.1) is 0 Å². The van der Waals surface area contributed by atoms with Gasteiger partial charge in [0.05, 0.1) is 11.1 Å². The maximum Gasteiger partial charge on any atom is 0.261 e. The summed E-state index contributed by atoms with van der Waals surface area (Å²) in [4.78, 5) is 25.0. The predicted octanol–water partition coefficient (Wildman–Crippen LogP) is 2.11. The van der Waals surface area contributed by atoms with Gasteiger partial charge in [0, 0.05) is 11.0 Å². The highest BCUT2D eigenvalue weighted by Crippen LogP contribution is 2.22. The lowest BCUT2D eigenvalue weighted by Gasteiger charge is -2.11. The molecule has 1 aromatic carbocycles. The van der Waals surface area contributed by atoms with Crippen molar-refractivity contribution in [2.24, 2.45) is 0 Å². The molecule has 1 aliphatic rings. The van der Waals surface area contributed by atoms with Crippen LogP contribution in [0.4, 0.5) is 0 Å². The fourth-order valence-electron chi connectivity index (χ4n) is 1.66. The van der Waals surface area contributed by atoms with Crippen molar-refractivity contribution in [2.45, 2.75) is 6.42 Å². The molecule has 15 heavy (non-hydrogen) atoms. The molecule has 1 heterocycles. The molecule has 2 rings (SSSR count). The van der Waals surface area contributed by atoms with E-state index in [2.05, 4.69) is 22.6 Å². The Balaban J connectivity index is 2.29. The number of carbonyl (C=O) groups is 2. The summed E-state index contributed by atoms with van der Waals surface area (Å²) in [6.45, 7) is 0.523. The molecule has 1 aliphatic heterocycles. The van der Waals surface area contributed by atoms with Crippen molar-refractivity contribution in [3.8, 4) is 0 Å². The highest BCUT2D eigenvalue weighted by atomic mass is 127. The molecule has 0 N–H and O–H groups in total. The number of benzene rings is 1. The molecule has 2 amide bonds. The summed E-state index contributed by atoms with van der Waals surface area (Å²) in [5.41, 5.74) is 1.08. The van der Waals surface area contributed by atoms with E-state index in [-0.39, 0.29) is 11.8 Å². The quantitative estimate of drug-likeness (QED) is 0.487. The Kier molecular flexibility index (Phi) is 3.04. The zero-order valence-corrected chi connectivity index (χ0v) is 10.2. The van der Waals surface area contributed by atoms with Gasteiger partial charge in [-0.1, -0.05) is 34.7 Å². The first-order valence-electron chi connectivity index (χ1n) is 4.77. The van der Waals surface area contributed by atoms with Gasteiger partial charge in [0.15, 0.2) is 0 Å². The summed E-state index contributed by atoms with van der Waals surface area (Å²) < 4.78 is 0.950. The SMILES string of the molecule is O=C1c2ccccc2C(=O)N1CCCI. The molecule has 0 unspecified atom stereocenters. The number of halogens is 1. The lowest BCUT2D eigenvalue weighted by atomic mass is 10.1. The van der Waals surface area contributed by atoms with Crippen molar-refractivity contribution < 1.29 is 9.59 Å². The van der Waals surface area contributed by atoms with Crippen LogP contribution in [-0.2, 0) is 0 Å². The van der Waals surface area contributed by atoms with Gasteiger partial charge >= 0.3 is 0 Å². The van der Waals surface area contributed by atoms with Crippen LogP contribution < -0.4 is 0 Å². The van der Waals surface area contributed by atoms with Gasteiger partial charge in [0.1, 0.15) is 0 Å². The first kappa shape index (κ1) is 10.6. The normalized spacial score (nSPS) is 14.6. The van der Waals surface area contributed by atoms with Crippen molar-refractivity contribution in [1.82, 2.24) is 4.90 Å². The minimum atomic E-state index is -0.152. The monoisotopic (exact) mass is 315 g/mol. The summed E-state index contributed by atoms with van der Waals surface area (Å²) in [6.07, 6.45) is 0.853. The van der Waals surface area contributed by atoms with E-state index in [1.807, 2.05) is 0 Å². The van der Waals surface area contributed by atoms with Crippen LogP contribution in [0.15, 0.2) is 24.3 Å². The fourth-order valence-corrected chi connectivity index (χ4v) is 2.00. The molecular weight excluding hydrogens is 305 g/mol. The summed E-state index contributed by atoms with van der Waals surface area (Å²) >= 11 is 2.24. The Morgan fingerprint density at radius 1 is 1.07 bits per heavy atom. The first-order valence-corrected chi connectivity index (χ1v) is 6.29. The molecular formula is C11H10INO2. The largest absolute Gasteiger partial charge is 0.274 e. The van der Waals surface area contributed by atoms with E-state index in [1.54, 1.807) is 24.3 Å². The van der Waals surface area contributed by atoms with Gasteiger partial charge in [-0.3, -0.25) is 14.5 Å². The molecule has 0 fully saturated rings. The molecule has 0 atom stereocenters. The number of nitrogens with zero attached hydrogens (tertiary/aromatic N) is 1. The van der Waals surface area contributed by atoms with Crippen LogP contribution in [-0.4, -0.2) is 27.7 Å². The Hall–Kier alpha value is -0.910. The third kappa shape index (κ3) is 1.78. The average molecular weight is 315 g/mol. The van der Waals surface area contributed by atoms with Crippen molar-refractivity contribution in [3.05, 3.63) is 35.4 Å². The number of amides is 2. The molecule has 3 nitrogen and oxygen atoms in total. The highest BCUT2D eigenvalue weighted by molar-refractivity contribution is 14.1. The number of hydrogen-bond donors (Lipinski definition) is 0. The van der Waals surface area contributed by atoms with Crippen LogP contribution in [0, 0.1) is 0 Å². The molecule has 0 aromatic heterocycles. The van der Waals surface area contributed by atoms with Gasteiger partial charge < -0.3 is 0 Å². The third-order valence-corrected chi connectivity index (χ3v) is 3.16. The summed E-state index contributed by atoms with van der Waals surface area (Å²) in [5.74, 6) is -0.305. The van der Waals surface area contributed by atoms with Crippen LogP contribution in [0.25, 0.3) is 0 Å². The van der Waals surface area contributed by atoms with Gasteiger partial charge in [-0.05, 0) is 18.6 Å². The van der Waals surface area contributed by atoms with Crippen LogP contribution >= 0.6 is 22.6 Å². The Labute approximate surface area is 102 Å². The number of carbonyl (C=O) groups excluding carboxylic acids is 2. The number of rotatable bonds is 3. The van der Waals surface area contributed by atoms with Crippen LogP contribution in [0.2, 0.25) is 0 Å². The Morgan fingerprint density at radius 3 is 2.07 bits per heavy atom. The molecule has 0 radical (unpaired) electrons. The molecule has 0 saturated carbocycles. The first-order chi connectivity index (χ1) is 7.25. The molecule has 1 aromatic rings. The molecule has 0 spiro atoms. The second-order valence-corrected chi connectivity index (χ2v) is 4.43. The fraction of sp³-hybridized carbons (Fsp3) is 0.273.